The summed E-state index contributed by atoms with van der Waals surface area (Å²) >= 11 is 9.20. The Morgan fingerprint density at radius 1 is 1.37 bits per heavy atom. The minimum Gasteiger partial charge on any atom is -0.352 e. The molecule has 4 heteroatoms. The van der Waals surface area contributed by atoms with E-state index in [1.165, 1.54) is 0 Å². The SMILES string of the molecule is CCCC(CCCl)CNC(=O)c1cc(C)cc(Br)c1. The lowest BCUT2D eigenvalue weighted by Crippen LogP contribution is -2.29. The zero-order valence-electron chi connectivity index (χ0n) is 11.5. The molecule has 0 aromatic heterocycles. The maximum Gasteiger partial charge on any atom is 0.251 e. The Bertz CT molecular complexity index is 396. The highest BCUT2D eigenvalue weighted by Crippen LogP contribution is 2.16. The molecule has 0 aliphatic rings. The first-order valence-corrected chi connectivity index (χ1v) is 8.01. The van der Waals surface area contributed by atoms with Gasteiger partial charge in [0.1, 0.15) is 0 Å². The number of carbonyl (C=O) groups is 1. The van der Waals surface area contributed by atoms with Gasteiger partial charge in [-0.15, -0.1) is 11.6 Å². The molecule has 0 aliphatic heterocycles. The summed E-state index contributed by atoms with van der Waals surface area (Å²) in [6, 6.07) is 5.74. The molecule has 1 aromatic rings. The number of halogens is 2. The second-order valence-electron chi connectivity index (χ2n) is 4.86. The third kappa shape index (κ3) is 5.96. The molecule has 1 amide bonds. The van der Waals surface area contributed by atoms with Crippen LogP contribution in [0.5, 0.6) is 0 Å². The molecular formula is C15H21BrClNO. The molecule has 2 nitrogen and oxygen atoms in total. The summed E-state index contributed by atoms with van der Waals surface area (Å²) in [5.41, 5.74) is 1.78. The first-order chi connectivity index (χ1) is 9.06. The molecule has 0 fully saturated rings. The number of aryl methyl sites for hydroxylation is 1. The standard InChI is InChI=1S/C15H21BrClNO/c1-3-4-12(5-6-17)10-18-15(19)13-7-11(2)8-14(16)9-13/h7-9,12H,3-6,10H2,1-2H3,(H,18,19). The maximum absolute atomic E-state index is 12.1. The minimum absolute atomic E-state index is 0.0138. The number of rotatable bonds is 7. The fourth-order valence-electron chi connectivity index (χ4n) is 2.12. The lowest BCUT2D eigenvalue weighted by Gasteiger charge is -2.15. The number of benzene rings is 1. The van der Waals surface area contributed by atoms with E-state index in [-0.39, 0.29) is 5.91 Å². The Labute approximate surface area is 129 Å². The fourth-order valence-corrected chi connectivity index (χ4v) is 3.03. The van der Waals surface area contributed by atoms with Crippen molar-refractivity contribution in [3.63, 3.8) is 0 Å². The van der Waals surface area contributed by atoms with Crippen LogP contribution >= 0.6 is 27.5 Å². The number of amides is 1. The van der Waals surface area contributed by atoms with Crippen molar-refractivity contribution in [3.05, 3.63) is 33.8 Å². The predicted molar refractivity (Wildman–Crippen MR) is 84.9 cm³/mol. The van der Waals surface area contributed by atoms with Gasteiger partial charge < -0.3 is 5.32 Å². The summed E-state index contributed by atoms with van der Waals surface area (Å²) in [6.45, 7) is 4.83. The topological polar surface area (TPSA) is 29.1 Å². The van der Waals surface area contributed by atoms with Crippen molar-refractivity contribution in [2.24, 2.45) is 5.92 Å². The van der Waals surface area contributed by atoms with Gasteiger partial charge in [0, 0.05) is 22.5 Å². The second kappa shape index (κ2) is 8.60. The molecule has 0 aliphatic carbocycles. The third-order valence-electron chi connectivity index (χ3n) is 3.07. The van der Waals surface area contributed by atoms with Gasteiger partial charge in [-0.25, -0.2) is 0 Å². The van der Waals surface area contributed by atoms with Gasteiger partial charge in [0.25, 0.3) is 5.91 Å². The van der Waals surface area contributed by atoms with Crippen molar-refractivity contribution in [1.82, 2.24) is 5.32 Å². The lowest BCUT2D eigenvalue weighted by molar-refractivity contribution is 0.0946. The van der Waals surface area contributed by atoms with Gasteiger partial charge in [0.15, 0.2) is 0 Å². The Kier molecular flexibility index (Phi) is 7.47. The van der Waals surface area contributed by atoms with E-state index in [2.05, 4.69) is 28.2 Å². The van der Waals surface area contributed by atoms with E-state index >= 15 is 0 Å². The first kappa shape index (κ1) is 16.5. The van der Waals surface area contributed by atoms with Crippen molar-refractivity contribution in [2.75, 3.05) is 12.4 Å². The normalized spacial score (nSPS) is 12.2. The van der Waals surface area contributed by atoms with Gasteiger partial charge in [-0.05, 0) is 49.4 Å². The molecule has 1 N–H and O–H groups in total. The molecule has 1 unspecified atom stereocenters. The van der Waals surface area contributed by atoms with Crippen molar-refractivity contribution in [3.8, 4) is 0 Å². The molecule has 0 saturated heterocycles. The average molecular weight is 347 g/mol. The van der Waals surface area contributed by atoms with Crippen molar-refractivity contribution in [1.29, 1.82) is 0 Å². The van der Waals surface area contributed by atoms with Gasteiger partial charge in [0.05, 0.1) is 0 Å². The van der Waals surface area contributed by atoms with Crippen LogP contribution in [0, 0.1) is 12.8 Å². The summed E-state index contributed by atoms with van der Waals surface area (Å²) in [6.07, 6.45) is 3.17. The zero-order chi connectivity index (χ0) is 14.3. The van der Waals surface area contributed by atoms with E-state index in [0.29, 0.717) is 23.9 Å². The van der Waals surface area contributed by atoms with Gasteiger partial charge >= 0.3 is 0 Å². The Balaban J connectivity index is 2.58. The van der Waals surface area contributed by atoms with Gasteiger partial charge in [-0.1, -0.05) is 29.3 Å². The molecule has 106 valence electrons. The van der Waals surface area contributed by atoms with Crippen LogP contribution in [0.4, 0.5) is 0 Å². The molecule has 1 rings (SSSR count). The second-order valence-corrected chi connectivity index (χ2v) is 6.15. The number of hydrogen-bond acceptors (Lipinski definition) is 1. The summed E-state index contributed by atoms with van der Waals surface area (Å²) in [7, 11) is 0. The van der Waals surface area contributed by atoms with E-state index in [0.717, 1.165) is 29.3 Å². The van der Waals surface area contributed by atoms with Crippen LogP contribution in [0.1, 0.15) is 42.1 Å². The number of hydrogen-bond donors (Lipinski definition) is 1. The largest absolute Gasteiger partial charge is 0.352 e. The zero-order valence-corrected chi connectivity index (χ0v) is 13.9. The van der Waals surface area contributed by atoms with E-state index in [4.69, 9.17) is 11.6 Å². The third-order valence-corrected chi connectivity index (χ3v) is 3.75. The monoisotopic (exact) mass is 345 g/mol. The minimum atomic E-state index is -0.0138. The molecular weight excluding hydrogens is 326 g/mol. The number of alkyl halides is 1. The first-order valence-electron chi connectivity index (χ1n) is 6.68. The van der Waals surface area contributed by atoms with E-state index in [1.807, 2.05) is 25.1 Å². The summed E-state index contributed by atoms with van der Waals surface area (Å²) in [4.78, 5) is 12.1. The quantitative estimate of drug-likeness (QED) is 0.722. The summed E-state index contributed by atoms with van der Waals surface area (Å²) < 4.78 is 0.934. The molecule has 0 spiro atoms. The molecule has 0 radical (unpaired) electrons. The molecule has 1 atom stereocenters. The Morgan fingerprint density at radius 3 is 2.68 bits per heavy atom. The van der Waals surface area contributed by atoms with Crippen LogP contribution < -0.4 is 5.32 Å². The van der Waals surface area contributed by atoms with Crippen LogP contribution in [0.2, 0.25) is 0 Å². The lowest BCUT2D eigenvalue weighted by atomic mass is 10.0. The van der Waals surface area contributed by atoms with Crippen LogP contribution in [0.25, 0.3) is 0 Å². The number of carbonyl (C=O) groups excluding carboxylic acids is 1. The van der Waals surface area contributed by atoms with Crippen LogP contribution in [0.3, 0.4) is 0 Å². The summed E-state index contributed by atoms with van der Waals surface area (Å²) in [5, 5.41) is 3.00. The van der Waals surface area contributed by atoms with Crippen molar-refractivity contribution < 1.29 is 4.79 Å². The highest BCUT2D eigenvalue weighted by molar-refractivity contribution is 9.10. The summed E-state index contributed by atoms with van der Waals surface area (Å²) in [5.74, 6) is 1.11. The van der Waals surface area contributed by atoms with Crippen molar-refractivity contribution in [2.45, 2.75) is 33.1 Å². The highest BCUT2D eigenvalue weighted by Gasteiger charge is 2.11. The smallest absolute Gasteiger partial charge is 0.251 e. The highest BCUT2D eigenvalue weighted by atomic mass is 79.9. The van der Waals surface area contributed by atoms with Crippen LogP contribution in [0.15, 0.2) is 22.7 Å². The van der Waals surface area contributed by atoms with Gasteiger partial charge in [-0.3, -0.25) is 4.79 Å². The average Bonchev–Trinajstić information content (AvgIpc) is 2.35. The van der Waals surface area contributed by atoms with Crippen LogP contribution in [-0.2, 0) is 0 Å². The fraction of sp³-hybridized carbons (Fsp3) is 0.533. The predicted octanol–water partition coefficient (Wildman–Crippen LogP) is 4.53. The molecule has 19 heavy (non-hydrogen) atoms. The molecule has 0 bridgehead atoms. The van der Waals surface area contributed by atoms with E-state index in [1.54, 1.807) is 0 Å². The van der Waals surface area contributed by atoms with Crippen molar-refractivity contribution >= 4 is 33.4 Å². The molecule has 0 saturated carbocycles. The van der Waals surface area contributed by atoms with E-state index in [9.17, 15) is 4.79 Å². The van der Waals surface area contributed by atoms with Gasteiger partial charge in [-0.2, -0.15) is 0 Å². The molecule has 0 heterocycles. The molecule has 1 aromatic carbocycles. The maximum atomic E-state index is 12.1. The van der Waals surface area contributed by atoms with Crippen LogP contribution in [-0.4, -0.2) is 18.3 Å². The Morgan fingerprint density at radius 2 is 2.11 bits per heavy atom. The number of nitrogens with one attached hydrogen (secondary N) is 1. The Hall–Kier alpha value is -0.540. The van der Waals surface area contributed by atoms with Gasteiger partial charge in [0.2, 0.25) is 0 Å². The van der Waals surface area contributed by atoms with E-state index < -0.39 is 0 Å².